The van der Waals surface area contributed by atoms with Crippen molar-refractivity contribution in [3.63, 3.8) is 0 Å². The lowest BCUT2D eigenvalue weighted by Gasteiger charge is -2.14. The molecule has 1 aliphatic rings. The van der Waals surface area contributed by atoms with Crippen LogP contribution >= 0.6 is 0 Å². The number of hydrogen-bond donors (Lipinski definition) is 2. The number of aromatic nitrogens is 2. The first-order chi connectivity index (χ1) is 6.75. The summed E-state index contributed by atoms with van der Waals surface area (Å²) in [6.07, 6.45) is 2.77. The minimum atomic E-state index is -0.223. The van der Waals surface area contributed by atoms with E-state index in [1.165, 1.54) is 0 Å². The van der Waals surface area contributed by atoms with Crippen molar-refractivity contribution in [1.82, 2.24) is 15.5 Å². The predicted molar refractivity (Wildman–Crippen MR) is 49.5 cm³/mol. The van der Waals surface area contributed by atoms with E-state index in [2.05, 4.69) is 15.5 Å². The van der Waals surface area contributed by atoms with Gasteiger partial charge in [-0.3, -0.25) is 0 Å². The Labute approximate surface area is 82.5 Å². The van der Waals surface area contributed by atoms with Gasteiger partial charge in [0.25, 0.3) is 0 Å². The average Bonchev–Trinajstić information content (AvgIpc) is 2.72. The zero-order valence-electron chi connectivity index (χ0n) is 8.23. The summed E-state index contributed by atoms with van der Waals surface area (Å²) < 4.78 is 4.95. The number of aliphatic hydroxyl groups is 1. The van der Waals surface area contributed by atoms with Gasteiger partial charge in [0.2, 0.25) is 5.89 Å². The van der Waals surface area contributed by atoms with Crippen LogP contribution < -0.4 is 5.32 Å². The number of rotatable bonds is 3. The highest BCUT2D eigenvalue weighted by atomic mass is 16.5. The van der Waals surface area contributed by atoms with Gasteiger partial charge < -0.3 is 14.9 Å². The minimum Gasteiger partial charge on any atom is -0.392 e. The summed E-state index contributed by atoms with van der Waals surface area (Å²) in [5.41, 5.74) is 0. The third kappa shape index (κ3) is 2.10. The van der Waals surface area contributed by atoms with E-state index < -0.39 is 0 Å². The number of hydrogen-bond acceptors (Lipinski definition) is 5. The van der Waals surface area contributed by atoms with Crippen LogP contribution in [-0.2, 0) is 6.54 Å². The van der Waals surface area contributed by atoms with Crippen LogP contribution in [0.25, 0.3) is 0 Å². The second-order valence-corrected chi connectivity index (χ2v) is 3.72. The predicted octanol–water partition coefficient (Wildman–Crippen LogP) is 0.381. The van der Waals surface area contributed by atoms with Crippen LogP contribution in [0.5, 0.6) is 0 Å². The zero-order valence-corrected chi connectivity index (χ0v) is 8.23. The molecule has 0 radical (unpaired) electrons. The van der Waals surface area contributed by atoms with Crippen molar-refractivity contribution in [2.24, 2.45) is 0 Å². The molecule has 0 bridgehead atoms. The maximum Gasteiger partial charge on any atom is 0.240 e. The summed E-state index contributed by atoms with van der Waals surface area (Å²) in [4.78, 5) is 4.07. The monoisotopic (exact) mass is 197 g/mol. The second-order valence-electron chi connectivity index (χ2n) is 3.72. The third-order valence-electron chi connectivity index (χ3n) is 2.56. The molecule has 1 aromatic heterocycles. The normalized spacial score (nSPS) is 27.0. The summed E-state index contributed by atoms with van der Waals surface area (Å²) in [7, 11) is 0. The van der Waals surface area contributed by atoms with Gasteiger partial charge in [0, 0.05) is 6.04 Å². The van der Waals surface area contributed by atoms with Gasteiger partial charge in [-0.15, -0.1) is 0 Å². The maximum atomic E-state index is 9.54. The highest BCUT2D eigenvalue weighted by Crippen LogP contribution is 2.18. The summed E-state index contributed by atoms with van der Waals surface area (Å²) >= 11 is 0. The summed E-state index contributed by atoms with van der Waals surface area (Å²) in [5, 5.41) is 16.5. The standard InChI is InChI=1S/C9H15N3O2/c1-6-11-9(14-12-6)5-10-7-3-2-4-8(7)13/h7-8,10,13H,2-5H2,1H3/t7-,8-/m1/s1. The van der Waals surface area contributed by atoms with E-state index in [1.807, 2.05) is 0 Å². The van der Waals surface area contributed by atoms with Gasteiger partial charge in [-0.25, -0.2) is 0 Å². The molecule has 0 unspecified atom stereocenters. The largest absolute Gasteiger partial charge is 0.392 e. The van der Waals surface area contributed by atoms with E-state index in [0.717, 1.165) is 19.3 Å². The number of aliphatic hydroxyl groups excluding tert-OH is 1. The first kappa shape index (κ1) is 9.61. The first-order valence-corrected chi connectivity index (χ1v) is 4.96. The first-order valence-electron chi connectivity index (χ1n) is 4.96. The van der Waals surface area contributed by atoms with Crippen LogP contribution in [-0.4, -0.2) is 27.4 Å². The van der Waals surface area contributed by atoms with Crippen molar-refractivity contribution in [3.05, 3.63) is 11.7 Å². The van der Waals surface area contributed by atoms with Crippen LogP contribution in [0.15, 0.2) is 4.52 Å². The molecule has 2 atom stereocenters. The highest BCUT2D eigenvalue weighted by Gasteiger charge is 2.24. The van der Waals surface area contributed by atoms with E-state index in [4.69, 9.17) is 4.52 Å². The van der Waals surface area contributed by atoms with Gasteiger partial charge in [-0.1, -0.05) is 5.16 Å². The molecule has 0 amide bonds. The van der Waals surface area contributed by atoms with Crippen molar-refractivity contribution in [3.8, 4) is 0 Å². The number of nitrogens with zero attached hydrogens (tertiary/aromatic N) is 2. The second kappa shape index (κ2) is 4.06. The Morgan fingerprint density at radius 2 is 2.43 bits per heavy atom. The van der Waals surface area contributed by atoms with Gasteiger partial charge in [0.1, 0.15) is 0 Å². The molecule has 1 heterocycles. The quantitative estimate of drug-likeness (QED) is 0.733. The molecule has 2 N–H and O–H groups in total. The molecule has 78 valence electrons. The lowest BCUT2D eigenvalue weighted by atomic mass is 10.2. The van der Waals surface area contributed by atoms with Crippen LogP contribution in [0.4, 0.5) is 0 Å². The number of nitrogens with one attached hydrogen (secondary N) is 1. The van der Waals surface area contributed by atoms with E-state index in [9.17, 15) is 5.11 Å². The fourth-order valence-corrected chi connectivity index (χ4v) is 1.81. The van der Waals surface area contributed by atoms with E-state index in [-0.39, 0.29) is 12.1 Å². The van der Waals surface area contributed by atoms with Gasteiger partial charge in [0.05, 0.1) is 12.6 Å². The topological polar surface area (TPSA) is 71.2 Å². The van der Waals surface area contributed by atoms with Crippen molar-refractivity contribution in [1.29, 1.82) is 0 Å². The molecule has 0 aliphatic heterocycles. The Morgan fingerprint density at radius 3 is 3.00 bits per heavy atom. The van der Waals surface area contributed by atoms with Gasteiger partial charge in [-0.05, 0) is 26.2 Å². The van der Waals surface area contributed by atoms with Crippen molar-refractivity contribution >= 4 is 0 Å². The molecule has 1 saturated carbocycles. The highest BCUT2D eigenvalue weighted by molar-refractivity contribution is 4.87. The minimum absolute atomic E-state index is 0.183. The fourth-order valence-electron chi connectivity index (χ4n) is 1.81. The fraction of sp³-hybridized carbons (Fsp3) is 0.778. The third-order valence-corrected chi connectivity index (χ3v) is 2.56. The zero-order chi connectivity index (χ0) is 9.97. The molecule has 14 heavy (non-hydrogen) atoms. The Balaban J connectivity index is 1.82. The van der Waals surface area contributed by atoms with E-state index in [1.54, 1.807) is 6.92 Å². The van der Waals surface area contributed by atoms with Crippen molar-refractivity contribution in [2.45, 2.75) is 44.9 Å². The molecular formula is C9H15N3O2. The molecule has 1 fully saturated rings. The summed E-state index contributed by atoms with van der Waals surface area (Å²) in [6, 6.07) is 0.183. The molecular weight excluding hydrogens is 182 g/mol. The molecule has 2 rings (SSSR count). The molecule has 5 nitrogen and oxygen atoms in total. The van der Waals surface area contributed by atoms with E-state index in [0.29, 0.717) is 18.3 Å². The Kier molecular flexibility index (Phi) is 2.79. The summed E-state index contributed by atoms with van der Waals surface area (Å²) in [6.45, 7) is 2.33. The lowest BCUT2D eigenvalue weighted by molar-refractivity contribution is 0.146. The Hall–Kier alpha value is -0.940. The molecule has 0 spiro atoms. The molecule has 1 aromatic rings. The lowest BCUT2D eigenvalue weighted by Crippen LogP contribution is -2.35. The Morgan fingerprint density at radius 1 is 1.57 bits per heavy atom. The summed E-state index contributed by atoms with van der Waals surface area (Å²) in [5.74, 6) is 1.23. The van der Waals surface area contributed by atoms with Crippen molar-refractivity contribution < 1.29 is 9.63 Å². The van der Waals surface area contributed by atoms with Crippen LogP contribution in [0.2, 0.25) is 0 Å². The number of aryl methyl sites for hydroxylation is 1. The maximum absolute atomic E-state index is 9.54. The molecule has 0 saturated heterocycles. The van der Waals surface area contributed by atoms with E-state index >= 15 is 0 Å². The smallest absolute Gasteiger partial charge is 0.240 e. The molecule has 5 heteroatoms. The van der Waals surface area contributed by atoms with Gasteiger partial charge in [0.15, 0.2) is 5.82 Å². The van der Waals surface area contributed by atoms with Crippen molar-refractivity contribution in [2.75, 3.05) is 0 Å². The SMILES string of the molecule is Cc1noc(CN[C@@H]2CCC[C@H]2O)n1. The van der Waals surface area contributed by atoms with Gasteiger partial charge in [-0.2, -0.15) is 4.98 Å². The average molecular weight is 197 g/mol. The van der Waals surface area contributed by atoms with Crippen LogP contribution in [0.1, 0.15) is 31.0 Å². The molecule has 0 aromatic carbocycles. The van der Waals surface area contributed by atoms with Crippen LogP contribution in [0, 0.1) is 6.92 Å². The molecule has 1 aliphatic carbocycles. The van der Waals surface area contributed by atoms with Gasteiger partial charge >= 0.3 is 0 Å². The van der Waals surface area contributed by atoms with Crippen LogP contribution in [0.3, 0.4) is 0 Å². The Bertz CT molecular complexity index is 300.